The maximum absolute atomic E-state index is 12.6. The van der Waals surface area contributed by atoms with Crippen LogP contribution in [0.25, 0.3) is 0 Å². The molecule has 1 aliphatic heterocycles. The Bertz CT molecular complexity index is 526. The summed E-state index contributed by atoms with van der Waals surface area (Å²) in [7, 11) is 0. The van der Waals surface area contributed by atoms with E-state index in [4.69, 9.17) is 4.84 Å². The molecule has 1 aromatic carbocycles. The number of hydrogen-bond acceptors (Lipinski definition) is 3. The Labute approximate surface area is 125 Å². The zero-order valence-electron chi connectivity index (χ0n) is 12.4. The molecule has 0 aromatic heterocycles. The van der Waals surface area contributed by atoms with Crippen LogP contribution in [0.1, 0.15) is 38.2 Å². The summed E-state index contributed by atoms with van der Waals surface area (Å²) in [6.07, 6.45) is 3.89. The topological polar surface area (TPSA) is 46.6 Å². The number of rotatable bonds is 6. The Hall–Kier alpha value is -1.94. The lowest BCUT2D eigenvalue weighted by atomic mass is 9.74. The number of imide groups is 1. The Balaban J connectivity index is 2.11. The van der Waals surface area contributed by atoms with E-state index in [0.717, 1.165) is 10.6 Å². The van der Waals surface area contributed by atoms with Crippen molar-refractivity contribution in [3.8, 4) is 0 Å². The van der Waals surface area contributed by atoms with Crippen molar-refractivity contribution in [3.05, 3.63) is 48.6 Å². The van der Waals surface area contributed by atoms with Crippen LogP contribution >= 0.6 is 0 Å². The fourth-order valence-corrected chi connectivity index (χ4v) is 2.67. The average Bonchev–Trinajstić information content (AvgIpc) is 2.51. The van der Waals surface area contributed by atoms with Crippen LogP contribution in [0.15, 0.2) is 43.0 Å². The highest BCUT2D eigenvalue weighted by molar-refractivity contribution is 5.99. The van der Waals surface area contributed by atoms with E-state index in [9.17, 15) is 9.59 Å². The van der Waals surface area contributed by atoms with Gasteiger partial charge in [-0.15, -0.1) is 6.58 Å². The third-order valence-electron chi connectivity index (χ3n) is 4.10. The van der Waals surface area contributed by atoms with Gasteiger partial charge in [0.2, 0.25) is 0 Å². The zero-order chi connectivity index (χ0) is 15.3. The molecule has 4 heteroatoms. The third-order valence-corrected chi connectivity index (χ3v) is 4.10. The lowest BCUT2D eigenvalue weighted by Gasteiger charge is -2.38. The molecule has 21 heavy (non-hydrogen) atoms. The van der Waals surface area contributed by atoms with Crippen molar-refractivity contribution in [2.75, 3.05) is 0 Å². The van der Waals surface area contributed by atoms with E-state index in [1.165, 1.54) is 0 Å². The van der Waals surface area contributed by atoms with Gasteiger partial charge in [-0.05, 0) is 24.8 Å². The highest BCUT2D eigenvalue weighted by Crippen LogP contribution is 2.38. The Morgan fingerprint density at radius 2 is 2.05 bits per heavy atom. The van der Waals surface area contributed by atoms with E-state index >= 15 is 0 Å². The van der Waals surface area contributed by atoms with Crippen molar-refractivity contribution in [3.63, 3.8) is 0 Å². The normalized spacial score (nSPS) is 22.4. The molecule has 2 rings (SSSR count). The van der Waals surface area contributed by atoms with Crippen LogP contribution < -0.4 is 0 Å². The van der Waals surface area contributed by atoms with E-state index in [2.05, 4.69) is 6.58 Å². The van der Waals surface area contributed by atoms with Gasteiger partial charge in [-0.1, -0.05) is 43.3 Å². The van der Waals surface area contributed by atoms with Gasteiger partial charge >= 0.3 is 0 Å². The van der Waals surface area contributed by atoms with E-state index < -0.39 is 5.41 Å². The molecule has 0 bridgehead atoms. The summed E-state index contributed by atoms with van der Waals surface area (Å²) in [6.45, 7) is 5.90. The molecular weight excluding hydrogens is 266 g/mol. The Morgan fingerprint density at radius 3 is 2.67 bits per heavy atom. The molecule has 0 spiro atoms. The van der Waals surface area contributed by atoms with E-state index in [-0.39, 0.29) is 18.4 Å². The van der Waals surface area contributed by atoms with Crippen molar-refractivity contribution in [2.45, 2.75) is 39.2 Å². The van der Waals surface area contributed by atoms with Gasteiger partial charge in [0.25, 0.3) is 11.8 Å². The van der Waals surface area contributed by atoms with Crippen molar-refractivity contribution in [2.24, 2.45) is 5.41 Å². The number of benzene rings is 1. The molecular formula is C17H21NO3. The first-order chi connectivity index (χ1) is 10.1. The van der Waals surface area contributed by atoms with Gasteiger partial charge in [0.15, 0.2) is 0 Å². The largest absolute Gasteiger partial charge is 0.272 e. The van der Waals surface area contributed by atoms with Gasteiger partial charge in [0.1, 0.15) is 6.61 Å². The first-order valence-corrected chi connectivity index (χ1v) is 7.28. The van der Waals surface area contributed by atoms with Crippen LogP contribution in [0, 0.1) is 5.41 Å². The molecule has 1 heterocycles. The van der Waals surface area contributed by atoms with Gasteiger partial charge in [-0.2, -0.15) is 5.06 Å². The Morgan fingerprint density at radius 1 is 1.33 bits per heavy atom. The zero-order valence-corrected chi connectivity index (χ0v) is 12.4. The van der Waals surface area contributed by atoms with E-state index in [1.54, 1.807) is 6.08 Å². The first kappa shape index (κ1) is 15.4. The molecule has 0 aliphatic carbocycles. The maximum atomic E-state index is 12.6. The molecule has 0 radical (unpaired) electrons. The molecule has 1 aromatic rings. The molecule has 0 saturated carbocycles. The number of hydroxylamine groups is 2. The minimum Gasteiger partial charge on any atom is -0.272 e. The van der Waals surface area contributed by atoms with Crippen LogP contribution in [-0.4, -0.2) is 16.9 Å². The summed E-state index contributed by atoms with van der Waals surface area (Å²) < 4.78 is 0. The number of hydrogen-bond donors (Lipinski definition) is 0. The summed E-state index contributed by atoms with van der Waals surface area (Å²) >= 11 is 0. The average molecular weight is 287 g/mol. The molecule has 1 atom stereocenters. The SMILES string of the molecule is C=CCC1(CC)CCC(=O)N(OCc2ccccc2)C1=O. The molecule has 4 nitrogen and oxygen atoms in total. The van der Waals surface area contributed by atoms with Crippen molar-refractivity contribution >= 4 is 11.8 Å². The highest BCUT2D eigenvalue weighted by Gasteiger charge is 2.45. The standard InChI is InChI=1S/C17H21NO3/c1-3-11-17(4-2)12-10-15(19)18(16(17)20)21-13-14-8-6-5-7-9-14/h3,5-9H,1,4,10-13H2,2H3. The summed E-state index contributed by atoms with van der Waals surface area (Å²) in [5, 5.41) is 0.962. The molecule has 112 valence electrons. The molecule has 0 N–H and O–H groups in total. The Kier molecular flexibility index (Phi) is 4.91. The predicted octanol–water partition coefficient (Wildman–Crippen LogP) is 3.24. The minimum absolute atomic E-state index is 0.214. The van der Waals surface area contributed by atoms with Crippen LogP contribution in [0.5, 0.6) is 0 Å². The van der Waals surface area contributed by atoms with E-state index in [1.807, 2.05) is 37.3 Å². The smallest absolute Gasteiger partial charge is 0.260 e. The fourth-order valence-electron chi connectivity index (χ4n) is 2.67. The second kappa shape index (κ2) is 6.68. The molecule has 1 unspecified atom stereocenters. The number of allylic oxidation sites excluding steroid dienone is 1. The number of amides is 2. The second-order valence-corrected chi connectivity index (χ2v) is 5.38. The van der Waals surface area contributed by atoms with Crippen molar-refractivity contribution in [1.82, 2.24) is 5.06 Å². The minimum atomic E-state index is -0.549. The van der Waals surface area contributed by atoms with Gasteiger partial charge in [-0.3, -0.25) is 14.4 Å². The number of carbonyl (C=O) groups is 2. The van der Waals surface area contributed by atoms with Crippen molar-refractivity contribution < 1.29 is 14.4 Å². The lowest BCUT2D eigenvalue weighted by molar-refractivity contribution is -0.213. The monoisotopic (exact) mass is 287 g/mol. The van der Waals surface area contributed by atoms with Gasteiger partial charge in [0.05, 0.1) is 5.41 Å². The third kappa shape index (κ3) is 3.22. The van der Waals surface area contributed by atoms with Gasteiger partial charge in [-0.25, -0.2) is 0 Å². The maximum Gasteiger partial charge on any atom is 0.260 e. The highest BCUT2D eigenvalue weighted by atomic mass is 16.7. The predicted molar refractivity (Wildman–Crippen MR) is 79.9 cm³/mol. The van der Waals surface area contributed by atoms with Crippen LogP contribution in [0.2, 0.25) is 0 Å². The molecule has 2 amide bonds. The number of piperidine rings is 1. The van der Waals surface area contributed by atoms with Crippen molar-refractivity contribution in [1.29, 1.82) is 0 Å². The first-order valence-electron chi connectivity index (χ1n) is 7.28. The summed E-state index contributed by atoms with van der Waals surface area (Å²) in [4.78, 5) is 30.1. The summed E-state index contributed by atoms with van der Waals surface area (Å²) in [5.41, 5.74) is 0.376. The van der Waals surface area contributed by atoms with Gasteiger partial charge in [0, 0.05) is 6.42 Å². The molecule has 1 fully saturated rings. The fraction of sp³-hybridized carbons (Fsp3) is 0.412. The van der Waals surface area contributed by atoms with Gasteiger partial charge < -0.3 is 0 Å². The quantitative estimate of drug-likeness (QED) is 0.596. The number of carbonyl (C=O) groups excluding carboxylic acids is 2. The lowest BCUT2D eigenvalue weighted by Crippen LogP contribution is -2.51. The summed E-state index contributed by atoms with van der Waals surface area (Å²) in [6, 6.07) is 9.50. The van der Waals surface area contributed by atoms with E-state index in [0.29, 0.717) is 25.7 Å². The molecule has 1 saturated heterocycles. The van der Waals surface area contributed by atoms with Crippen LogP contribution in [-0.2, 0) is 21.0 Å². The second-order valence-electron chi connectivity index (χ2n) is 5.38. The summed E-state index contributed by atoms with van der Waals surface area (Å²) in [5.74, 6) is -0.499. The van der Waals surface area contributed by atoms with Crippen LogP contribution in [0.4, 0.5) is 0 Å². The van der Waals surface area contributed by atoms with Crippen LogP contribution in [0.3, 0.4) is 0 Å². The number of nitrogens with zero attached hydrogens (tertiary/aromatic N) is 1. The molecule has 1 aliphatic rings.